The molecule has 1 unspecified atom stereocenters. The molecule has 0 spiro atoms. The predicted octanol–water partition coefficient (Wildman–Crippen LogP) is 2.96. The number of rotatable bonds is 17. The molecule has 10 nitrogen and oxygen atoms in total. The second-order valence-electron chi connectivity index (χ2n) is 10.2. The van der Waals surface area contributed by atoms with E-state index in [4.69, 9.17) is 10.5 Å². The van der Waals surface area contributed by atoms with Gasteiger partial charge in [0.1, 0.15) is 5.82 Å². The molecule has 1 aromatic heterocycles. The highest BCUT2D eigenvalue weighted by molar-refractivity contribution is 5.78. The van der Waals surface area contributed by atoms with Crippen molar-refractivity contribution >= 4 is 23.6 Å². The molecular weight excluding hydrogens is 496 g/mol. The number of unbranched alkanes of at least 4 members (excludes halogenated alkanes) is 1. The van der Waals surface area contributed by atoms with Crippen molar-refractivity contribution in [3.8, 4) is 0 Å². The Morgan fingerprint density at radius 1 is 1.10 bits per heavy atom. The fourth-order valence-corrected chi connectivity index (χ4v) is 4.46. The number of nitrogens with two attached hydrogens (primary N) is 1. The number of nitrogens with zero attached hydrogens (tertiary/aromatic N) is 4. The van der Waals surface area contributed by atoms with Gasteiger partial charge in [-0.15, -0.1) is 0 Å². The smallest absolute Gasteiger partial charge is 0.309 e. The number of amides is 1. The molecule has 0 radical (unpaired) electrons. The van der Waals surface area contributed by atoms with Crippen LogP contribution in [-0.4, -0.2) is 83.7 Å². The van der Waals surface area contributed by atoms with Crippen LogP contribution in [0.15, 0.2) is 24.3 Å². The molecule has 0 saturated carbocycles. The van der Waals surface area contributed by atoms with Crippen LogP contribution in [0.3, 0.4) is 0 Å². The van der Waals surface area contributed by atoms with E-state index in [0.717, 1.165) is 48.1 Å². The van der Waals surface area contributed by atoms with Crippen LogP contribution in [0.4, 0.5) is 11.8 Å². The number of benzene rings is 1. The Morgan fingerprint density at radius 2 is 1.79 bits per heavy atom. The van der Waals surface area contributed by atoms with Crippen molar-refractivity contribution in [2.24, 2.45) is 0 Å². The average Bonchev–Trinajstić information content (AvgIpc) is 2.88. The summed E-state index contributed by atoms with van der Waals surface area (Å²) in [6.07, 6.45) is 5.32. The zero-order chi connectivity index (χ0) is 28.8. The third-order valence-corrected chi connectivity index (χ3v) is 6.59. The van der Waals surface area contributed by atoms with Crippen LogP contribution in [0.2, 0.25) is 0 Å². The summed E-state index contributed by atoms with van der Waals surface area (Å²) in [6.45, 7) is 5.53. The number of aliphatic hydroxyl groups excluding tert-OH is 1. The summed E-state index contributed by atoms with van der Waals surface area (Å²) < 4.78 is 4.74. The number of carbonyl (C=O) groups is 2. The molecule has 1 amide bonds. The highest BCUT2D eigenvalue weighted by atomic mass is 16.5. The van der Waals surface area contributed by atoms with E-state index < -0.39 is 0 Å². The van der Waals surface area contributed by atoms with Gasteiger partial charge in [-0.2, -0.15) is 4.98 Å². The van der Waals surface area contributed by atoms with Crippen LogP contribution < -0.4 is 11.1 Å². The summed E-state index contributed by atoms with van der Waals surface area (Å²) in [5, 5.41) is 13.0. The normalized spacial score (nSPS) is 11.9. The number of hydrogen-bond donors (Lipinski definition) is 3. The lowest BCUT2D eigenvalue weighted by molar-refractivity contribution is -0.139. The van der Waals surface area contributed by atoms with Crippen molar-refractivity contribution in [3.63, 3.8) is 0 Å². The molecule has 39 heavy (non-hydrogen) atoms. The van der Waals surface area contributed by atoms with Crippen LogP contribution in [0, 0.1) is 6.92 Å². The molecule has 1 heterocycles. The first kappa shape index (κ1) is 32.0. The zero-order valence-corrected chi connectivity index (χ0v) is 24.2. The van der Waals surface area contributed by atoms with Crippen molar-refractivity contribution < 1.29 is 19.4 Å². The standard InChI is InChI=1S/C29H46N6O4/c1-6-7-9-24(15-17-36)32-28-25(21(2)31-29(30)33-28)10-8-16-35(26(37)20-34(3)4)19-23-13-11-22(12-14-23)18-27(38)39-5/h11-14,24,36H,6-10,15-20H2,1-5H3,(H3,30,31,32,33). The van der Waals surface area contributed by atoms with Gasteiger partial charge in [-0.05, 0) is 57.8 Å². The van der Waals surface area contributed by atoms with Gasteiger partial charge in [0.15, 0.2) is 0 Å². The molecule has 10 heteroatoms. The second-order valence-corrected chi connectivity index (χ2v) is 10.2. The summed E-state index contributed by atoms with van der Waals surface area (Å²) in [5.41, 5.74) is 9.64. The van der Waals surface area contributed by atoms with E-state index in [-0.39, 0.29) is 36.9 Å². The van der Waals surface area contributed by atoms with Crippen molar-refractivity contribution in [1.29, 1.82) is 0 Å². The number of hydrogen-bond acceptors (Lipinski definition) is 9. The van der Waals surface area contributed by atoms with Crippen LogP contribution in [0.1, 0.15) is 61.4 Å². The topological polar surface area (TPSA) is 134 Å². The molecular formula is C29H46N6O4. The quantitative estimate of drug-likeness (QED) is 0.258. The van der Waals surface area contributed by atoms with E-state index in [0.29, 0.717) is 38.3 Å². The maximum absolute atomic E-state index is 13.1. The fraction of sp³-hybridized carbons (Fsp3) is 0.586. The maximum Gasteiger partial charge on any atom is 0.309 e. The van der Waals surface area contributed by atoms with Gasteiger partial charge in [-0.25, -0.2) is 4.98 Å². The lowest BCUT2D eigenvalue weighted by Gasteiger charge is -2.25. The monoisotopic (exact) mass is 542 g/mol. The van der Waals surface area contributed by atoms with Gasteiger partial charge in [-0.3, -0.25) is 9.59 Å². The summed E-state index contributed by atoms with van der Waals surface area (Å²) in [6, 6.07) is 7.80. The number of aryl methyl sites for hydroxylation is 1. The fourth-order valence-electron chi connectivity index (χ4n) is 4.46. The van der Waals surface area contributed by atoms with E-state index in [9.17, 15) is 14.7 Å². The number of nitrogen functional groups attached to an aromatic ring is 1. The van der Waals surface area contributed by atoms with Crippen LogP contribution in [0.5, 0.6) is 0 Å². The number of aliphatic hydroxyl groups is 1. The van der Waals surface area contributed by atoms with Crippen LogP contribution in [0.25, 0.3) is 0 Å². The average molecular weight is 543 g/mol. The minimum Gasteiger partial charge on any atom is -0.469 e. The molecule has 0 aliphatic heterocycles. The Balaban J connectivity index is 2.15. The van der Waals surface area contributed by atoms with Crippen molar-refractivity contribution in [2.75, 3.05) is 52.0 Å². The number of aromatic nitrogens is 2. The van der Waals surface area contributed by atoms with Crippen LogP contribution >= 0.6 is 0 Å². The molecule has 0 saturated heterocycles. The van der Waals surface area contributed by atoms with Gasteiger partial charge >= 0.3 is 5.97 Å². The first-order valence-electron chi connectivity index (χ1n) is 13.7. The molecule has 0 aliphatic carbocycles. The number of nitrogens with one attached hydrogen (secondary N) is 1. The van der Waals surface area contributed by atoms with E-state index in [2.05, 4.69) is 22.2 Å². The second kappa shape index (κ2) is 16.7. The Kier molecular flexibility index (Phi) is 13.7. The third-order valence-electron chi connectivity index (χ3n) is 6.59. The minimum atomic E-state index is -0.283. The van der Waals surface area contributed by atoms with Crippen LogP contribution in [-0.2, 0) is 33.7 Å². The Labute approximate surface area is 233 Å². The van der Waals surface area contributed by atoms with E-state index >= 15 is 0 Å². The van der Waals surface area contributed by atoms with E-state index in [1.807, 2.05) is 55.1 Å². The largest absolute Gasteiger partial charge is 0.469 e. The number of esters is 1. The molecule has 0 bridgehead atoms. The summed E-state index contributed by atoms with van der Waals surface area (Å²) in [7, 11) is 5.14. The summed E-state index contributed by atoms with van der Waals surface area (Å²) in [5.74, 6) is 0.691. The first-order valence-corrected chi connectivity index (χ1v) is 13.7. The minimum absolute atomic E-state index is 0.0461. The molecule has 216 valence electrons. The van der Waals surface area contributed by atoms with Crippen molar-refractivity contribution in [1.82, 2.24) is 19.8 Å². The van der Waals surface area contributed by atoms with Crippen molar-refractivity contribution in [2.45, 2.75) is 71.4 Å². The van der Waals surface area contributed by atoms with Gasteiger partial charge in [0.25, 0.3) is 0 Å². The Bertz CT molecular complexity index is 1040. The number of carbonyl (C=O) groups excluding carboxylic acids is 2. The van der Waals surface area contributed by atoms with Crippen molar-refractivity contribution in [3.05, 3.63) is 46.6 Å². The highest BCUT2D eigenvalue weighted by Crippen LogP contribution is 2.22. The number of likely N-dealkylation sites (N-methyl/N-ethyl adjacent to an activating group) is 1. The molecule has 0 aliphatic rings. The zero-order valence-electron chi connectivity index (χ0n) is 24.2. The van der Waals surface area contributed by atoms with Gasteiger partial charge in [-0.1, -0.05) is 44.0 Å². The number of ether oxygens (including phenoxy) is 1. The van der Waals surface area contributed by atoms with Gasteiger partial charge in [0, 0.05) is 37.0 Å². The highest BCUT2D eigenvalue weighted by Gasteiger charge is 2.18. The van der Waals surface area contributed by atoms with E-state index in [1.54, 1.807) is 0 Å². The third kappa shape index (κ3) is 11.2. The van der Waals surface area contributed by atoms with Gasteiger partial charge < -0.3 is 30.7 Å². The summed E-state index contributed by atoms with van der Waals surface area (Å²) >= 11 is 0. The molecule has 2 aromatic rings. The molecule has 4 N–H and O–H groups in total. The predicted molar refractivity (Wildman–Crippen MR) is 154 cm³/mol. The number of anilines is 2. The van der Waals surface area contributed by atoms with Gasteiger partial charge in [0.2, 0.25) is 11.9 Å². The molecule has 1 aromatic carbocycles. The number of methoxy groups -OCH3 is 1. The molecule has 0 fully saturated rings. The molecule has 1 atom stereocenters. The first-order chi connectivity index (χ1) is 18.7. The Morgan fingerprint density at radius 3 is 2.41 bits per heavy atom. The van der Waals surface area contributed by atoms with Gasteiger partial charge in [0.05, 0.1) is 20.1 Å². The summed E-state index contributed by atoms with van der Waals surface area (Å²) in [4.78, 5) is 37.3. The lowest BCUT2D eigenvalue weighted by atomic mass is 10.0. The lowest BCUT2D eigenvalue weighted by Crippen LogP contribution is -2.38. The Hall–Kier alpha value is -3.24. The molecule has 2 rings (SSSR count). The maximum atomic E-state index is 13.1. The SMILES string of the molecule is CCCCC(CCO)Nc1nc(N)nc(C)c1CCCN(Cc1ccc(CC(=O)OC)cc1)C(=O)CN(C)C. The van der Waals surface area contributed by atoms with E-state index in [1.165, 1.54) is 7.11 Å².